The van der Waals surface area contributed by atoms with Crippen LogP contribution in [0.2, 0.25) is 0 Å². The number of benzene rings is 9. The standard InChI is InChI=1S/C56H40N2/c1-5-21-41(22-6-1)55(42-23-7-2-8-24-42)47-29-13-19-35-53(47)58(54-36-20-14-30-48(54)55)46-39-37-44(38-40-46)56(43-25-9-3-10-26-43)49-31-15-17-33-51(49)57(45-27-11-4-12-28-45)52-34-18-16-32-50(52)56/h1-40H. The van der Waals surface area contributed by atoms with E-state index in [0.29, 0.717) is 0 Å². The van der Waals surface area contributed by atoms with Crippen LogP contribution >= 0.6 is 0 Å². The van der Waals surface area contributed by atoms with Crippen molar-refractivity contribution in [3.05, 3.63) is 287 Å². The summed E-state index contributed by atoms with van der Waals surface area (Å²) in [6.45, 7) is 0. The van der Waals surface area contributed by atoms with E-state index in [1.165, 1.54) is 67.3 Å². The molecule has 2 nitrogen and oxygen atoms in total. The van der Waals surface area contributed by atoms with Gasteiger partial charge < -0.3 is 9.80 Å². The Morgan fingerprint density at radius 3 is 0.776 bits per heavy atom. The first-order valence-corrected chi connectivity index (χ1v) is 20.1. The van der Waals surface area contributed by atoms with Crippen molar-refractivity contribution >= 4 is 34.1 Å². The van der Waals surface area contributed by atoms with E-state index in [4.69, 9.17) is 0 Å². The van der Waals surface area contributed by atoms with Crippen LogP contribution in [0, 0.1) is 0 Å². The van der Waals surface area contributed by atoms with E-state index >= 15 is 0 Å². The zero-order valence-corrected chi connectivity index (χ0v) is 32.0. The topological polar surface area (TPSA) is 6.48 Å². The molecule has 0 amide bonds. The molecule has 0 spiro atoms. The third-order valence-corrected chi connectivity index (χ3v) is 12.4. The van der Waals surface area contributed by atoms with E-state index in [1.54, 1.807) is 0 Å². The molecule has 0 N–H and O–H groups in total. The van der Waals surface area contributed by atoms with Gasteiger partial charge in [-0.05, 0) is 93.0 Å². The third kappa shape index (κ3) is 4.85. The fraction of sp³-hybridized carbons (Fsp3) is 0.0357. The fourth-order valence-electron chi connectivity index (χ4n) is 10.1. The second-order valence-electron chi connectivity index (χ2n) is 15.2. The second kappa shape index (κ2) is 13.7. The van der Waals surface area contributed by atoms with Crippen LogP contribution in [-0.2, 0) is 10.8 Å². The van der Waals surface area contributed by atoms with Gasteiger partial charge in [0.05, 0.1) is 33.6 Å². The maximum Gasteiger partial charge on any atom is 0.0742 e. The number of hydrogen-bond acceptors (Lipinski definition) is 2. The highest BCUT2D eigenvalue weighted by molar-refractivity contribution is 5.91. The average Bonchev–Trinajstić information content (AvgIpc) is 3.31. The number of hydrogen-bond donors (Lipinski definition) is 0. The Hall–Kier alpha value is -7.42. The van der Waals surface area contributed by atoms with Gasteiger partial charge in [0.2, 0.25) is 0 Å². The maximum atomic E-state index is 2.47. The molecule has 2 aliphatic heterocycles. The summed E-state index contributed by atoms with van der Waals surface area (Å²) in [6, 6.07) is 89.1. The average molecular weight is 741 g/mol. The lowest BCUT2D eigenvalue weighted by Gasteiger charge is -2.47. The van der Waals surface area contributed by atoms with Gasteiger partial charge in [-0.3, -0.25) is 0 Å². The molecule has 11 rings (SSSR count). The van der Waals surface area contributed by atoms with E-state index in [2.05, 4.69) is 252 Å². The Balaban J connectivity index is 1.14. The van der Waals surface area contributed by atoms with Crippen molar-refractivity contribution < 1.29 is 0 Å². The van der Waals surface area contributed by atoms with Crippen LogP contribution in [0.3, 0.4) is 0 Å². The molecule has 9 aromatic carbocycles. The molecule has 0 radical (unpaired) electrons. The smallest absolute Gasteiger partial charge is 0.0742 e. The lowest BCUT2D eigenvalue weighted by atomic mass is 9.62. The van der Waals surface area contributed by atoms with Gasteiger partial charge in [0.15, 0.2) is 0 Å². The highest BCUT2D eigenvalue weighted by Gasteiger charge is 2.48. The van der Waals surface area contributed by atoms with Gasteiger partial charge in [-0.15, -0.1) is 0 Å². The van der Waals surface area contributed by atoms with E-state index in [1.807, 2.05) is 0 Å². The molecule has 2 aliphatic rings. The second-order valence-corrected chi connectivity index (χ2v) is 15.2. The Morgan fingerprint density at radius 1 is 0.207 bits per heavy atom. The van der Waals surface area contributed by atoms with Crippen LogP contribution in [0.25, 0.3) is 0 Å². The van der Waals surface area contributed by atoms with Crippen molar-refractivity contribution in [2.24, 2.45) is 0 Å². The molecule has 0 saturated carbocycles. The molecule has 0 atom stereocenters. The largest absolute Gasteiger partial charge is 0.310 e. The molecule has 2 heteroatoms. The van der Waals surface area contributed by atoms with Gasteiger partial charge >= 0.3 is 0 Å². The third-order valence-electron chi connectivity index (χ3n) is 12.4. The molecule has 0 aromatic heterocycles. The molecule has 2 heterocycles. The molecule has 0 saturated heterocycles. The van der Waals surface area contributed by atoms with Crippen molar-refractivity contribution in [2.45, 2.75) is 10.8 Å². The molecule has 0 unspecified atom stereocenters. The lowest BCUT2D eigenvalue weighted by molar-refractivity contribution is 0.728. The van der Waals surface area contributed by atoms with E-state index in [9.17, 15) is 0 Å². The summed E-state index contributed by atoms with van der Waals surface area (Å²) < 4.78 is 0. The van der Waals surface area contributed by atoms with E-state index in [-0.39, 0.29) is 0 Å². The minimum Gasteiger partial charge on any atom is -0.310 e. The van der Waals surface area contributed by atoms with Crippen molar-refractivity contribution in [2.75, 3.05) is 9.80 Å². The van der Waals surface area contributed by atoms with Crippen LogP contribution in [-0.4, -0.2) is 0 Å². The highest BCUT2D eigenvalue weighted by Crippen LogP contribution is 2.60. The quantitative estimate of drug-likeness (QED) is 0.167. The van der Waals surface area contributed by atoms with Gasteiger partial charge in [-0.25, -0.2) is 0 Å². The number of fused-ring (bicyclic) bond motifs is 4. The SMILES string of the molecule is c1ccc(N2c3ccccc3C(c3ccccc3)(c3ccc(N4c5ccccc5C(c5ccccc5)(c5ccccc5)c5ccccc54)cc3)c3ccccc32)cc1. The molecule has 0 bridgehead atoms. The molecule has 58 heavy (non-hydrogen) atoms. The number of para-hydroxylation sites is 5. The molecule has 274 valence electrons. The normalized spacial score (nSPS) is 14.4. The highest BCUT2D eigenvalue weighted by atomic mass is 15.2. The molecule has 9 aromatic rings. The van der Waals surface area contributed by atoms with Crippen LogP contribution in [0.15, 0.2) is 243 Å². The van der Waals surface area contributed by atoms with Gasteiger partial charge in [0.25, 0.3) is 0 Å². The number of anilines is 6. The van der Waals surface area contributed by atoms with Gasteiger partial charge in [0, 0.05) is 11.4 Å². The van der Waals surface area contributed by atoms with E-state index < -0.39 is 10.8 Å². The Kier molecular flexibility index (Phi) is 7.97. The lowest BCUT2D eigenvalue weighted by Crippen LogP contribution is -2.38. The Morgan fingerprint density at radius 2 is 0.448 bits per heavy atom. The van der Waals surface area contributed by atoms with Gasteiger partial charge in [-0.2, -0.15) is 0 Å². The van der Waals surface area contributed by atoms with Crippen LogP contribution in [0.4, 0.5) is 34.1 Å². The summed E-state index contributed by atoms with van der Waals surface area (Å²) in [5.74, 6) is 0. The summed E-state index contributed by atoms with van der Waals surface area (Å²) in [4.78, 5) is 4.89. The van der Waals surface area contributed by atoms with Crippen molar-refractivity contribution in [1.82, 2.24) is 0 Å². The number of nitrogens with zero attached hydrogens (tertiary/aromatic N) is 2. The zero-order valence-electron chi connectivity index (χ0n) is 32.0. The molecular weight excluding hydrogens is 701 g/mol. The van der Waals surface area contributed by atoms with Crippen LogP contribution in [0.5, 0.6) is 0 Å². The van der Waals surface area contributed by atoms with E-state index in [0.717, 1.165) is 11.4 Å². The minimum atomic E-state index is -0.578. The predicted octanol–water partition coefficient (Wildman–Crippen LogP) is 14.0. The Bertz CT molecular complexity index is 2750. The summed E-state index contributed by atoms with van der Waals surface area (Å²) in [6.07, 6.45) is 0. The molecule has 0 fully saturated rings. The minimum absolute atomic E-state index is 0.510. The summed E-state index contributed by atoms with van der Waals surface area (Å²) in [5.41, 5.74) is 15.8. The van der Waals surface area contributed by atoms with Crippen molar-refractivity contribution in [1.29, 1.82) is 0 Å². The summed E-state index contributed by atoms with van der Waals surface area (Å²) in [5, 5.41) is 0. The molecule has 0 aliphatic carbocycles. The Labute approximate surface area is 340 Å². The fourth-order valence-corrected chi connectivity index (χ4v) is 10.1. The molecular formula is C56H40N2. The monoisotopic (exact) mass is 740 g/mol. The first-order valence-electron chi connectivity index (χ1n) is 20.1. The maximum absolute atomic E-state index is 2.47. The predicted molar refractivity (Wildman–Crippen MR) is 240 cm³/mol. The first-order chi connectivity index (χ1) is 28.8. The van der Waals surface area contributed by atoms with Gasteiger partial charge in [-0.1, -0.05) is 194 Å². The van der Waals surface area contributed by atoms with Crippen LogP contribution in [0.1, 0.15) is 44.5 Å². The zero-order chi connectivity index (χ0) is 38.5. The first kappa shape index (κ1) is 33.9. The van der Waals surface area contributed by atoms with Crippen molar-refractivity contribution in [3.63, 3.8) is 0 Å². The summed E-state index contributed by atoms with van der Waals surface area (Å²) >= 11 is 0. The van der Waals surface area contributed by atoms with Crippen LogP contribution < -0.4 is 9.80 Å². The van der Waals surface area contributed by atoms with Gasteiger partial charge in [0.1, 0.15) is 0 Å². The van der Waals surface area contributed by atoms with Crippen molar-refractivity contribution in [3.8, 4) is 0 Å². The summed E-state index contributed by atoms with van der Waals surface area (Å²) in [7, 11) is 0. The number of rotatable bonds is 6.